The molecule has 1 atom stereocenters. The minimum Gasteiger partial charge on any atom is -0.350 e. The third kappa shape index (κ3) is 2.90. The fourth-order valence-corrected chi connectivity index (χ4v) is 2.52. The molecule has 0 spiro atoms. The smallest absolute Gasteiger partial charge is 0.240 e. The molecule has 1 heterocycles. The summed E-state index contributed by atoms with van der Waals surface area (Å²) in [5, 5.41) is 6.05. The van der Waals surface area contributed by atoms with Crippen molar-refractivity contribution in [2.24, 2.45) is 0 Å². The zero-order valence-electron chi connectivity index (χ0n) is 10.2. The van der Waals surface area contributed by atoms with E-state index in [1.54, 1.807) is 6.07 Å². The van der Waals surface area contributed by atoms with E-state index in [0.717, 1.165) is 29.4 Å². The highest BCUT2D eigenvalue weighted by Crippen LogP contribution is 2.20. The van der Waals surface area contributed by atoms with Gasteiger partial charge in [-0.2, -0.15) is 0 Å². The first-order valence-corrected chi connectivity index (χ1v) is 6.78. The summed E-state index contributed by atoms with van der Waals surface area (Å²) in [6.07, 6.45) is 1.84. The van der Waals surface area contributed by atoms with Crippen LogP contribution in [0.2, 0.25) is 0 Å². The Morgan fingerprint density at radius 1 is 1.61 bits per heavy atom. The summed E-state index contributed by atoms with van der Waals surface area (Å²) in [6.45, 7) is 3.10. The van der Waals surface area contributed by atoms with Gasteiger partial charge in [-0.05, 0) is 50.1 Å². The summed E-state index contributed by atoms with van der Waals surface area (Å²) in [5.74, 6) is -0.330. The van der Waals surface area contributed by atoms with Crippen LogP contribution in [-0.4, -0.2) is 18.0 Å². The molecule has 1 aromatic carbocycles. The maximum absolute atomic E-state index is 13.1. The highest BCUT2D eigenvalue weighted by atomic mass is 79.9. The number of carbonyl (C=O) groups is 1. The summed E-state index contributed by atoms with van der Waals surface area (Å²) in [7, 11) is 0. The van der Waals surface area contributed by atoms with Crippen LogP contribution >= 0.6 is 15.9 Å². The van der Waals surface area contributed by atoms with Crippen molar-refractivity contribution in [2.75, 3.05) is 6.54 Å². The van der Waals surface area contributed by atoms with Gasteiger partial charge in [-0.3, -0.25) is 4.79 Å². The number of amides is 1. The zero-order valence-corrected chi connectivity index (χ0v) is 11.8. The second-order valence-corrected chi connectivity index (χ2v) is 5.64. The van der Waals surface area contributed by atoms with Crippen LogP contribution in [0, 0.1) is 5.82 Å². The van der Waals surface area contributed by atoms with E-state index < -0.39 is 5.54 Å². The molecule has 5 heteroatoms. The Bertz CT molecular complexity index is 458. The normalized spacial score (nSPS) is 23.1. The van der Waals surface area contributed by atoms with Gasteiger partial charge < -0.3 is 10.6 Å². The summed E-state index contributed by atoms with van der Waals surface area (Å²) >= 11 is 3.34. The molecular weight excluding hydrogens is 299 g/mol. The van der Waals surface area contributed by atoms with Crippen molar-refractivity contribution in [2.45, 2.75) is 31.8 Å². The first-order valence-electron chi connectivity index (χ1n) is 5.98. The van der Waals surface area contributed by atoms with E-state index in [-0.39, 0.29) is 11.7 Å². The van der Waals surface area contributed by atoms with E-state index >= 15 is 0 Å². The lowest BCUT2D eigenvalue weighted by molar-refractivity contribution is -0.126. The maximum Gasteiger partial charge on any atom is 0.240 e. The van der Waals surface area contributed by atoms with Crippen molar-refractivity contribution in [1.82, 2.24) is 10.6 Å². The topological polar surface area (TPSA) is 41.1 Å². The van der Waals surface area contributed by atoms with Gasteiger partial charge in [0.25, 0.3) is 0 Å². The molecule has 0 aromatic heterocycles. The monoisotopic (exact) mass is 314 g/mol. The molecule has 0 aliphatic carbocycles. The van der Waals surface area contributed by atoms with Crippen LogP contribution in [0.15, 0.2) is 22.7 Å². The lowest BCUT2D eigenvalue weighted by Gasteiger charge is -2.23. The lowest BCUT2D eigenvalue weighted by atomic mass is 9.99. The van der Waals surface area contributed by atoms with Crippen molar-refractivity contribution in [3.8, 4) is 0 Å². The largest absolute Gasteiger partial charge is 0.350 e. The van der Waals surface area contributed by atoms with Crippen molar-refractivity contribution in [3.05, 3.63) is 34.1 Å². The van der Waals surface area contributed by atoms with E-state index in [2.05, 4.69) is 26.6 Å². The lowest BCUT2D eigenvalue weighted by Crippen LogP contribution is -2.50. The standard InChI is InChI=1S/C13H16BrFN2O/c1-13(5-2-6-17-13)12(18)16-8-9-7-10(15)3-4-11(9)14/h3-4,7,17H,2,5-6,8H2,1H3,(H,16,18). The first-order chi connectivity index (χ1) is 8.51. The molecule has 1 fully saturated rings. The summed E-state index contributed by atoms with van der Waals surface area (Å²) < 4.78 is 13.9. The number of nitrogens with one attached hydrogen (secondary N) is 2. The van der Waals surface area contributed by atoms with E-state index in [1.807, 2.05) is 6.92 Å². The minimum absolute atomic E-state index is 0.0313. The third-order valence-electron chi connectivity index (χ3n) is 3.32. The quantitative estimate of drug-likeness (QED) is 0.899. The van der Waals surface area contributed by atoms with Crippen LogP contribution in [0.25, 0.3) is 0 Å². The van der Waals surface area contributed by atoms with Crippen LogP contribution in [-0.2, 0) is 11.3 Å². The average Bonchev–Trinajstić information content (AvgIpc) is 2.78. The molecule has 0 bridgehead atoms. The van der Waals surface area contributed by atoms with E-state index in [9.17, 15) is 9.18 Å². The molecular formula is C13H16BrFN2O. The van der Waals surface area contributed by atoms with Crippen LogP contribution in [0.4, 0.5) is 4.39 Å². The number of rotatable bonds is 3. The predicted octanol–water partition coefficient (Wildman–Crippen LogP) is 2.35. The van der Waals surface area contributed by atoms with Crippen LogP contribution < -0.4 is 10.6 Å². The predicted molar refractivity (Wildman–Crippen MR) is 71.6 cm³/mol. The number of benzene rings is 1. The van der Waals surface area contributed by atoms with Gasteiger partial charge in [-0.15, -0.1) is 0 Å². The Balaban J connectivity index is 1.99. The highest BCUT2D eigenvalue weighted by molar-refractivity contribution is 9.10. The molecule has 1 aromatic rings. The Kier molecular flexibility index (Phi) is 4.02. The van der Waals surface area contributed by atoms with Gasteiger partial charge in [0.05, 0.1) is 5.54 Å². The van der Waals surface area contributed by atoms with Gasteiger partial charge in [0.2, 0.25) is 5.91 Å². The second-order valence-electron chi connectivity index (χ2n) is 4.78. The average molecular weight is 315 g/mol. The van der Waals surface area contributed by atoms with Gasteiger partial charge in [0.15, 0.2) is 0 Å². The molecule has 0 radical (unpaired) electrons. The SMILES string of the molecule is CC1(C(=O)NCc2cc(F)ccc2Br)CCCN1. The van der Waals surface area contributed by atoms with E-state index in [1.165, 1.54) is 12.1 Å². The van der Waals surface area contributed by atoms with Gasteiger partial charge >= 0.3 is 0 Å². The molecule has 2 N–H and O–H groups in total. The number of carbonyl (C=O) groups excluding carboxylic acids is 1. The van der Waals surface area contributed by atoms with Crippen molar-refractivity contribution >= 4 is 21.8 Å². The Labute approximate surface area is 114 Å². The van der Waals surface area contributed by atoms with Crippen molar-refractivity contribution < 1.29 is 9.18 Å². The second kappa shape index (κ2) is 5.36. The molecule has 1 saturated heterocycles. The van der Waals surface area contributed by atoms with Crippen molar-refractivity contribution in [3.63, 3.8) is 0 Å². The summed E-state index contributed by atoms with van der Waals surface area (Å²) in [4.78, 5) is 12.1. The fourth-order valence-electron chi connectivity index (χ4n) is 2.14. The Morgan fingerprint density at radius 2 is 2.39 bits per heavy atom. The van der Waals surface area contributed by atoms with Crippen LogP contribution in [0.1, 0.15) is 25.3 Å². The molecule has 1 unspecified atom stereocenters. The van der Waals surface area contributed by atoms with Gasteiger partial charge in [-0.1, -0.05) is 15.9 Å². The molecule has 3 nitrogen and oxygen atoms in total. The zero-order chi connectivity index (χ0) is 13.2. The van der Waals surface area contributed by atoms with Crippen LogP contribution in [0.3, 0.4) is 0 Å². The van der Waals surface area contributed by atoms with Crippen molar-refractivity contribution in [1.29, 1.82) is 0 Å². The number of hydrogen-bond donors (Lipinski definition) is 2. The first kappa shape index (κ1) is 13.5. The van der Waals surface area contributed by atoms with E-state index in [4.69, 9.17) is 0 Å². The molecule has 1 aliphatic heterocycles. The molecule has 2 rings (SSSR count). The fraction of sp³-hybridized carbons (Fsp3) is 0.462. The van der Waals surface area contributed by atoms with E-state index in [0.29, 0.717) is 6.54 Å². The molecule has 18 heavy (non-hydrogen) atoms. The molecule has 1 aliphatic rings. The summed E-state index contributed by atoms with van der Waals surface area (Å²) in [5.41, 5.74) is 0.254. The Hall–Kier alpha value is -0.940. The highest BCUT2D eigenvalue weighted by Gasteiger charge is 2.35. The van der Waals surface area contributed by atoms with Gasteiger partial charge in [0, 0.05) is 11.0 Å². The number of hydrogen-bond acceptors (Lipinski definition) is 2. The molecule has 1 amide bonds. The van der Waals surface area contributed by atoms with Crippen LogP contribution in [0.5, 0.6) is 0 Å². The maximum atomic E-state index is 13.1. The minimum atomic E-state index is -0.486. The molecule has 98 valence electrons. The van der Waals surface area contributed by atoms with Gasteiger partial charge in [-0.25, -0.2) is 4.39 Å². The molecule has 0 saturated carbocycles. The Morgan fingerprint density at radius 3 is 3.06 bits per heavy atom. The summed E-state index contributed by atoms with van der Waals surface area (Å²) in [6, 6.07) is 4.45. The number of halogens is 2. The third-order valence-corrected chi connectivity index (χ3v) is 4.09. The van der Waals surface area contributed by atoms with Gasteiger partial charge in [0.1, 0.15) is 5.82 Å².